The Morgan fingerprint density at radius 1 is 0.246 bits per heavy atom. The molecule has 3 heteroatoms. The fourth-order valence-corrected chi connectivity index (χ4v) is 16.2. The van der Waals surface area contributed by atoms with Gasteiger partial charge in [0.25, 0.3) is 0 Å². The van der Waals surface area contributed by atoms with Gasteiger partial charge in [-0.2, -0.15) is 0 Å². The van der Waals surface area contributed by atoms with Crippen LogP contribution in [0.3, 0.4) is 0 Å². The van der Waals surface area contributed by atoms with Crippen molar-refractivity contribution < 1.29 is 0 Å². The monoisotopic (exact) mass is 894 g/mol. The van der Waals surface area contributed by atoms with Crippen LogP contribution in [-0.2, 0) is 0 Å². The van der Waals surface area contributed by atoms with Gasteiger partial charge in [-0.1, -0.05) is 231 Å². The molecule has 11 aromatic carbocycles. The Morgan fingerprint density at radius 2 is 0.652 bits per heavy atom. The average molecular weight is 895 g/mol. The molecule has 0 aliphatic rings. The van der Waals surface area contributed by atoms with E-state index in [0.717, 1.165) is 11.4 Å². The van der Waals surface area contributed by atoms with E-state index in [4.69, 9.17) is 0 Å². The molecule has 0 aliphatic heterocycles. The zero-order valence-electron chi connectivity index (χ0n) is 38.0. The lowest BCUT2D eigenvalue weighted by atomic mass is 9.99. The molecular formula is C66H46N2Si. The third-order valence-electron chi connectivity index (χ3n) is 14.3. The SMILES string of the molecule is c1ccc(-c2ccc([Si](c3ccccc3)(c3ccccc3)c3cccc4c3c3ccccc3n4-c3cccc4c3c3ccccc3n4-c3cccc(-c4cccc(-c5ccccc5)c4)c3)cc2)cc1. The number of rotatable bonds is 9. The van der Waals surface area contributed by atoms with Gasteiger partial charge in [0, 0.05) is 27.2 Å². The first-order valence-corrected chi connectivity index (χ1v) is 25.8. The fraction of sp³-hybridized carbons (Fsp3) is 0. The molecule has 0 saturated carbocycles. The zero-order valence-corrected chi connectivity index (χ0v) is 39.0. The summed E-state index contributed by atoms with van der Waals surface area (Å²) in [5.41, 5.74) is 14.3. The van der Waals surface area contributed by atoms with Crippen LogP contribution < -0.4 is 20.7 Å². The predicted molar refractivity (Wildman–Crippen MR) is 295 cm³/mol. The van der Waals surface area contributed by atoms with Crippen LogP contribution in [0.2, 0.25) is 0 Å². The number of nitrogens with zero attached hydrogens (tertiary/aromatic N) is 2. The van der Waals surface area contributed by atoms with E-state index < -0.39 is 8.07 Å². The molecule has 0 bridgehead atoms. The smallest absolute Gasteiger partial charge is 0.180 e. The standard InChI is InChI=1S/C66H46N2Si/c1-5-21-47(22-6-1)49-41-43-56(44-42-49)69(54-29-9-3-10-30-54,55-31-11-4-12-32-55)64-40-20-39-63-66(64)58-34-14-16-36-60(58)68(63)62-38-19-37-61-65(62)57-33-13-15-35-59(57)67(61)53-28-18-27-52(46-53)51-26-17-25-50(45-51)48-23-7-2-8-24-48/h1-46H. The summed E-state index contributed by atoms with van der Waals surface area (Å²) >= 11 is 0. The summed E-state index contributed by atoms with van der Waals surface area (Å²) in [5.74, 6) is 0. The van der Waals surface area contributed by atoms with Gasteiger partial charge in [0.15, 0.2) is 8.07 Å². The summed E-state index contributed by atoms with van der Waals surface area (Å²) in [4.78, 5) is 0. The summed E-state index contributed by atoms with van der Waals surface area (Å²) < 4.78 is 5.01. The van der Waals surface area contributed by atoms with Crippen LogP contribution in [0.15, 0.2) is 279 Å². The van der Waals surface area contributed by atoms with Crippen molar-refractivity contribution in [2.24, 2.45) is 0 Å². The van der Waals surface area contributed by atoms with Crippen molar-refractivity contribution in [3.63, 3.8) is 0 Å². The molecule has 13 rings (SSSR count). The summed E-state index contributed by atoms with van der Waals surface area (Å²) in [7, 11) is -3.00. The molecule has 0 aliphatic carbocycles. The van der Waals surface area contributed by atoms with Gasteiger partial charge in [0.1, 0.15) is 0 Å². The quantitative estimate of drug-likeness (QED) is 0.101. The number of fused-ring (bicyclic) bond motifs is 6. The fourth-order valence-electron chi connectivity index (χ4n) is 11.3. The molecular weight excluding hydrogens is 849 g/mol. The molecule has 13 aromatic rings. The van der Waals surface area contributed by atoms with Gasteiger partial charge in [-0.05, 0) is 103 Å². The van der Waals surface area contributed by atoms with Gasteiger partial charge in [0.2, 0.25) is 0 Å². The highest BCUT2D eigenvalue weighted by Gasteiger charge is 2.43. The average Bonchev–Trinajstić information content (AvgIpc) is 3.96. The highest BCUT2D eigenvalue weighted by molar-refractivity contribution is 7.20. The summed E-state index contributed by atoms with van der Waals surface area (Å²) in [6.45, 7) is 0. The Morgan fingerprint density at radius 3 is 1.29 bits per heavy atom. The minimum atomic E-state index is -3.00. The minimum Gasteiger partial charge on any atom is -0.309 e. The van der Waals surface area contributed by atoms with Crippen molar-refractivity contribution in [2.45, 2.75) is 0 Å². The second kappa shape index (κ2) is 16.8. The molecule has 0 spiro atoms. The van der Waals surface area contributed by atoms with Crippen molar-refractivity contribution in [2.75, 3.05) is 0 Å². The van der Waals surface area contributed by atoms with Crippen LogP contribution in [0, 0.1) is 0 Å². The van der Waals surface area contributed by atoms with Crippen LogP contribution in [0.4, 0.5) is 0 Å². The van der Waals surface area contributed by atoms with E-state index in [0.29, 0.717) is 0 Å². The molecule has 0 saturated heterocycles. The van der Waals surface area contributed by atoms with Crippen LogP contribution in [0.1, 0.15) is 0 Å². The molecule has 0 atom stereocenters. The summed E-state index contributed by atoms with van der Waals surface area (Å²) in [6.07, 6.45) is 0. The zero-order chi connectivity index (χ0) is 45.7. The molecule has 0 radical (unpaired) electrons. The molecule has 0 fully saturated rings. The van der Waals surface area contributed by atoms with Crippen molar-refractivity contribution in [1.82, 2.24) is 9.13 Å². The van der Waals surface area contributed by atoms with Gasteiger partial charge in [-0.25, -0.2) is 0 Å². The van der Waals surface area contributed by atoms with Crippen molar-refractivity contribution in [1.29, 1.82) is 0 Å². The number of hydrogen-bond donors (Lipinski definition) is 0. The molecule has 2 aromatic heterocycles. The van der Waals surface area contributed by atoms with E-state index in [2.05, 4.69) is 288 Å². The van der Waals surface area contributed by atoms with E-state index in [1.54, 1.807) is 0 Å². The maximum Gasteiger partial charge on any atom is 0.180 e. The molecule has 2 heterocycles. The summed E-state index contributed by atoms with van der Waals surface area (Å²) in [5, 5.41) is 10.4. The third-order valence-corrected chi connectivity index (χ3v) is 19.1. The third kappa shape index (κ3) is 6.62. The minimum absolute atomic E-state index is 1.13. The highest BCUT2D eigenvalue weighted by atomic mass is 28.3. The van der Waals surface area contributed by atoms with E-state index in [1.807, 2.05) is 0 Å². The van der Waals surface area contributed by atoms with Crippen molar-refractivity contribution in [3.05, 3.63) is 279 Å². The van der Waals surface area contributed by atoms with Gasteiger partial charge < -0.3 is 9.13 Å². The van der Waals surface area contributed by atoms with Gasteiger partial charge in [-0.15, -0.1) is 0 Å². The second-order valence-corrected chi connectivity index (χ2v) is 21.8. The lowest BCUT2D eigenvalue weighted by Crippen LogP contribution is -2.74. The molecule has 0 amide bonds. The molecule has 324 valence electrons. The molecule has 69 heavy (non-hydrogen) atoms. The second-order valence-electron chi connectivity index (χ2n) is 18.0. The predicted octanol–water partition coefficient (Wildman–Crippen LogP) is 14.3. The summed E-state index contributed by atoms with van der Waals surface area (Å²) in [6, 6.07) is 103. The number of para-hydroxylation sites is 2. The van der Waals surface area contributed by atoms with Crippen LogP contribution >= 0.6 is 0 Å². The van der Waals surface area contributed by atoms with Crippen molar-refractivity contribution in [3.8, 4) is 44.8 Å². The molecule has 0 unspecified atom stereocenters. The van der Waals surface area contributed by atoms with E-state index in [9.17, 15) is 0 Å². The first-order chi connectivity index (χ1) is 34.3. The van der Waals surface area contributed by atoms with E-state index in [-0.39, 0.29) is 0 Å². The van der Waals surface area contributed by atoms with E-state index in [1.165, 1.54) is 97.7 Å². The van der Waals surface area contributed by atoms with Crippen LogP contribution in [-0.4, -0.2) is 17.2 Å². The Labute approximate surface area is 403 Å². The van der Waals surface area contributed by atoms with Crippen molar-refractivity contribution >= 4 is 72.4 Å². The maximum absolute atomic E-state index is 3.00. The Kier molecular flexibility index (Phi) is 9.88. The van der Waals surface area contributed by atoms with Gasteiger partial charge >= 0.3 is 0 Å². The first kappa shape index (κ1) is 40.5. The Bertz CT molecular complexity index is 3940. The highest BCUT2D eigenvalue weighted by Crippen LogP contribution is 2.41. The topological polar surface area (TPSA) is 9.86 Å². The number of aromatic nitrogens is 2. The van der Waals surface area contributed by atoms with Crippen LogP contribution in [0.25, 0.3) is 88.4 Å². The molecule has 2 nitrogen and oxygen atoms in total. The lowest BCUT2D eigenvalue weighted by Gasteiger charge is -2.35. The lowest BCUT2D eigenvalue weighted by molar-refractivity contribution is 1.17. The normalized spacial score (nSPS) is 11.8. The Hall–Kier alpha value is -8.76. The van der Waals surface area contributed by atoms with E-state index >= 15 is 0 Å². The maximum atomic E-state index is 2.55. The van der Waals surface area contributed by atoms with Gasteiger partial charge in [0.05, 0.1) is 27.8 Å². The number of hydrogen-bond acceptors (Lipinski definition) is 0. The number of benzene rings is 11. The van der Waals surface area contributed by atoms with Gasteiger partial charge in [-0.3, -0.25) is 0 Å². The largest absolute Gasteiger partial charge is 0.309 e. The molecule has 0 N–H and O–H groups in total. The van der Waals surface area contributed by atoms with Crippen LogP contribution in [0.5, 0.6) is 0 Å². The first-order valence-electron chi connectivity index (χ1n) is 23.8. The Balaban J connectivity index is 1.06.